The maximum Gasteiger partial charge on any atom is 0.351 e. The molecule has 0 aromatic heterocycles. The molecular formula is C13H25NO2. The fourth-order valence-electron chi connectivity index (χ4n) is 1.90. The molecule has 0 fully saturated rings. The van der Waals surface area contributed by atoms with E-state index >= 15 is 0 Å². The number of hydrogen-bond donors (Lipinski definition) is 1. The van der Waals surface area contributed by atoms with Crippen molar-refractivity contribution in [2.75, 3.05) is 0 Å². The summed E-state index contributed by atoms with van der Waals surface area (Å²) in [5, 5.41) is 9.23. The minimum atomic E-state index is -0.821. The monoisotopic (exact) mass is 227 g/mol. The smallest absolute Gasteiger partial charge is 0.351 e. The van der Waals surface area contributed by atoms with Gasteiger partial charge in [-0.25, -0.2) is 4.79 Å². The Morgan fingerprint density at radius 1 is 1.25 bits per heavy atom. The molecule has 0 heterocycles. The first-order valence-electron chi connectivity index (χ1n) is 6.13. The zero-order chi connectivity index (χ0) is 12.7. The third-order valence-corrected chi connectivity index (χ3v) is 2.51. The van der Waals surface area contributed by atoms with Gasteiger partial charge in [0.05, 0.1) is 0 Å². The Labute approximate surface area is 99.1 Å². The lowest BCUT2D eigenvalue weighted by Crippen LogP contribution is -2.39. The molecule has 0 aliphatic rings. The van der Waals surface area contributed by atoms with Gasteiger partial charge in [-0.2, -0.15) is 0 Å². The lowest BCUT2D eigenvalue weighted by molar-refractivity contribution is -0.135. The number of hydrogen-bond acceptors (Lipinski definition) is 2. The minimum absolute atomic E-state index is 0.212. The number of nitrogens with zero attached hydrogens (tertiary/aromatic N) is 1. The molecule has 0 radical (unpaired) electrons. The highest BCUT2D eigenvalue weighted by Crippen LogP contribution is 2.15. The first kappa shape index (κ1) is 15.0. The summed E-state index contributed by atoms with van der Waals surface area (Å²) >= 11 is 0. The van der Waals surface area contributed by atoms with Crippen molar-refractivity contribution in [2.45, 2.75) is 66.0 Å². The van der Waals surface area contributed by atoms with Crippen LogP contribution in [0.4, 0.5) is 0 Å². The van der Waals surface area contributed by atoms with E-state index < -0.39 is 5.97 Å². The average molecular weight is 227 g/mol. The molecule has 0 saturated heterocycles. The molecule has 94 valence electrons. The van der Waals surface area contributed by atoms with Crippen molar-refractivity contribution in [2.24, 2.45) is 0 Å². The molecule has 0 saturated carbocycles. The van der Waals surface area contributed by atoms with Crippen LogP contribution in [0.2, 0.25) is 0 Å². The summed E-state index contributed by atoms with van der Waals surface area (Å²) in [6, 6.07) is 0.424. The van der Waals surface area contributed by atoms with Crippen LogP contribution >= 0.6 is 0 Å². The Kier molecular flexibility index (Phi) is 6.86. The molecule has 0 amide bonds. The second-order valence-electron chi connectivity index (χ2n) is 4.63. The van der Waals surface area contributed by atoms with E-state index in [4.69, 9.17) is 0 Å². The molecule has 0 bridgehead atoms. The number of carbonyl (C=O) groups is 1. The molecule has 0 aromatic rings. The molecule has 1 N–H and O–H groups in total. The Morgan fingerprint density at radius 2 is 1.75 bits per heavy atom. The Morgan fingerprint density at radius 3 is 2.06 bits per heavy atom. The summed E-state index contributed by atoms with van der Waals surface area (Å²) in [5.74, 6) is -0.821. The summed E-state index contributed by atoms with van der Waals surface area (Å²) in [4.78, 5) is 13.2. The molecule has 0 aliphatic heterocycles. The van der Waals surface area contributed by atoms with Gasteiger partial charge in [0.2, 0.25) is 0 Å². The van der Waals surface area contributed by atoms with Gasteiger partial charge in [-0.05, 0) is 40.5 Å². The van der Waals surface area contributed by atoms with Crippen LogP contribution in [-0.4, -0.2) is 28.1 Å². The van der Waals surface area contributed by atoms with E-state index in [2.05, 4.69) is 6.92 Å². The maximum atomic E-state index is 11.2. The molecule has 0 rings (SSSR count). The number of allylic oxidation sites excluding steroid dienone is 1. The Hall–Kier alpha value is -0.990. The quantitative estimate of drug-likeness (QED) is 0.536. The van der Waals surface area contributed by atoms with Crippen LogP contribution in [0.25, 0.3) is 0 Å². The fraction of sp³-hybridized carbons (Fsp3) is 0.769. The summed E-state index contributed by atoms with van der Waals surface area (Å²) in [7, 11) is 0. The van der Waals surface area contributed by atoms with E-state index in [9.17, 15) is 9.90 Å². The van der Waals surface area contributed by atoms with E-state index in [1.54, 1.807) is 0 Å². The normalized spacial score (nSPS) is 12.3. The number of rotatable bonds is 7. The van der Waals surface area contributed by atoms with Gasteiger partial charge >= 0.3 is 5.97 Å². The van der Waals surface area contributed by atoms with Crippen molar-refractivity contribution in [3.8, 4) is 0 Å². The highest BCUT2D eigenvalue weighted by atomic mass is 16.4. The SMILES string of the molecule is CCCC/C=C(\C(=O)O)N(C(C)C)C(C)C. The molecule has 16 heavy (non-hydrogen) atoms. The van der Waals surface area contributed by atoms with Gasteiger partial charge in [0.1, 0.15) is 5.70 Å². The lowest BCUT2D eigenvalue weighted by atomic mass is 10.1. The van der Waals surface area contributed by atoms with Gasteiger partial charge in [-0.15, -0.1) is 0 Å². The Bertz CT molecular complexity index is 236. The van der Waals surface area contributed by atoms with Crippen molar-refractivity contribution in [1.82, 2.24) is 4.90 Å². The van der Waals surface area contributed by atoms with Crippen molar-refractivity contribution in [3.63, 3.8) is 0 Å². The maximum absolute atomic E-state index is 11.2. The molecule has 0 atom stereocenters. The highest BCUT2D eigenvalue weighted by molar-refractivity contribution is 5.85. The van der Waals surface area contributed by atoms with Crippen LogP contribution in [0.5, 0.6) is 0 Å². The highest BCUT2D eigenvalue weighted by Gasteiger charge is 2.21. The molecule has 0 unspecified atom stereocenters. The fourth-order valence-corrected chi connectivity index (χ4v) is 1.90. The van der Waals surface area contributed by atoms with Crippen LogP contribution in [-0.2, 0) is 4.79 Å². The number of unbranched alkanes of at least 4 members (excludes halogenated alkanes) is 2. The average Bonchev–Trinajstić information content (AvgIpc) is 2.14. The summed E-state index contributed by atoms with van der Waals surface area (Å²) in [6.45, 7) is 10.2. The van der Waals surface area contributed by atoms with E-state index in [1.165, 1.54) is 0 Å². The molecule has 0 spiro atoms. The van der Waals surface area contributed by atoms with Crippen molar-refractivity contribution < 1.29 is 9.90 Å². The van der Waals surface area contributed by atoms with Gasteiger partial charge in [0.25, 0.3) is 0 Å². The third kappa shape index (κ3) is 4.69. The van der Waals surface area contributed by atoms with Crippen molar-refractivity contribution in [1.29, 1.82) is 0 Å². The van der Waals surface area contributed by atoms with Crippen LogP contribution in [0.3, 0.4) is 0 Å². The third-order valence-electron chi connectivity index (χ3n) is 2.51. The summed E-state index contributed by atoms with van der Waals surface area (Å²) in [5.41, 5.74) is 0.443. The Balaban J connectivity index is 4.85. The molecule has 3 nitrogen and oxygen atoms in total. The van der Waals surface area contributed by atoms with Crippen LogP contribution < -0.4 is 0 Å². The van der Waals surface area contributed by atoms with E-state index in [0.717, 1.165) is 19.3 Å². The summed E-state index contributed by atoms with van der Waals surface area (Å²) < 4.78 is 0. The predicted octanol–water partition coefficient (Wildman–Crippen LogP) is 3.26. The summed E-state index contributed by atoms with van der Waals surface area (Å²) in [6.07, 6.45) is 4.83. The van der Waals surface area contributed by atoms with Gasteiger partial charge < -0.3 is 10.0 Å². The van der Waals surface area contributed by atoms with Crippen LogP contribution in [0, 0.1) is 0 Å². The van der Waals surface area contributed by atoms with Gasteiger partial charge in [-0.3, -0.25) is 0 Å². The zero-order valence-electron chi connectivity index (χ0n) is 11.2. The van der Waals surface area contributed by atoms with Crippen LogP contribution in [0.1, 0.15) is 53.9 Å². The van der Waals surface area contributed by atoms with Crippen molar-refractivity contribution in [3.05, 3.63) is 11.8 Å². The zero-order valence-corrected chi connectivity index (χ0v) is 11.2. The van der Waals surface area contributed by atoms with E-state index in [0.29, 0.717) is 5.70 Å². The molecule has 0 aromatic carbocycles. The molecule has 0 aliphatic carbocycles. The standard InChI is InChI=1S/C13H25NO2/c1-6-7-8-9-12(13(15)16)14(10(2)3)11(4)5/h9-11H,6-8H2,1-5H3,(H,15,16)/b12-9+. The topological polar surface area (TPSA) is 40.5 Å². The van der Waals surface area contributed by atoms with E-state index in [1.807, 2.05) is 38.7 Å². The van der Waals surface area contributed by atoms with Gasteiger partial charge in [0.15, 0.2) is 0 Å². The van der Waals surface area contributed by atoms with Gasteiger partial charge in [0, 0.05) is 12.1 Å². The first-order chi connectivity index (χ1) is 7.41. The predicted molar refractivity (Wildman–Crippen MR) is 67.4 cm³/mol. The second-order valence-corrected chi connectivity index (χ2v) is 4.63. The number of aliphatic carboxylic acids is 1. The lowest BCUT2D eigenvalue weighted by Gasteiger charge is -2.33. The molecule has 3 heteroatoms. The van der Waals surface area contributed by atoms with Crippen LogP contribution in [0.15, 0.2) is 11.8 Å². The largest absolute Gasteiger partial charge is 0.477 e. The molecular weight excluding hydrogens is 202 g/mol. The van der Waals surface area contributed by atoms with Crippen molar-refractivity contribution >= 4 is 5.97 Å². The van der Waals surface area contributed by atoms with E-state index in [-0.39, 0.29) is 12.1 Å². The van der Waals surface area contributed by atoms with Gasteiger partial charge in [-0.1, -0.05) is 19.4 Å². The number of carboxylic acid groups (broad SMARTS) is 1. The minimum Gasteiger partial charge on any atom is -0.477 e. The number of carboxylic acids is 1. The first-order valence-corrected chi connectivity index (χ1v) is 6.13. The second kappa shape index (κ2) is 7.31.